The molecule has 0 saturated carbocycles. The highest BCUT2D eigenvalue weighted by atomic mass is 19.1. The fraction of sp³-hybridized carbons (Fsp3) is 0.471. The van der Waals surface area contributed by atoms with Crippen LogP contribution in [-0.4, -0.2) is 36.1 Å². The van der Waals surface area contributed by atoms with Crippen molar-refractivity contribution in [3.05, 3.63) is 35.1 Å². The van der Waals surface area contributed by atoms with Crippen molar-refractivity contribution in [3.8, 4) is 6.07 Å². The van der Waals surface area contributed by atoms with Crippen molar-refractivity contribution < 1.29 is 19.1 Å². The zero-order valence-corrected chi connectivity index (χ0v) is 14.0. The van der Waals surface area contributed by atoms with Crippen LogP contribution in [0.3, 0.4) is 0 Å². The molecule has 6 nitrogen and oxygen atoms in total. The average Bonchev–Trinajstić information content (AvgIpc) is 2.53. The van der Waals surface area contributed by atoms with Gasteiger partial charge in [0.1, 0.15) is 5.82 Å². The van der Waals surface area contributed by atoms with E-state index in [0.29, 0.717) is 0 Å². The monoisotopic (exact) mass is 335 g/mol. The molecule has 0 aliphatic rings. The zero-order valence-electron chi connectivity index (χ0n) is 14.0. The topological polar surface area (TPSA) is 102 Å². The predicted molar refractivity (Wildman–Crippen MR) is 86.5 cm³/mol. The van der Waals surface area contributed by atoms with E-state index in [0.717, 1.165) is 6.07 Å². The third kappa shape index (κ3) is 5.97. The Labute approximate surface area is 140 Å². The van der Waals surface area contributed by atoms with E-state index in [4.69, 9.17) is 10.4 Å². The Morgan fingerprint density at radius 3 is 2.67 bits per heavy atom. The van der Waals surface area contributed by atoms with Crippen LogP contribution in [0, 0.1) is 22.6 Å². The Bertz CT molecular complexity index is 653. The van der Waals surface area contributed by atoms with Gasteiger partial charge in [-0.2, -0.15) is 5.26 Å². The molecule has 0 heterocycles. The highest BCUT2D eigenvalue weighted by molar-refractivity contribution is 5.95. The number of amides is 2. The maximum Gasteiger partial charge on any atom is 0.254 e. The van der Waals surface area contributed by atoms with Gasteiger partial charge in [-0.3, -0.25) is 9.59 Å². The number of halogens is 1. The van der Waals surface area contributed by atoms with Gasteiger partial charge in [-0.25, -0.2) is 4.39 Å². The molecule has 0 unspecified atom stereocenters. The van der Waals surface area contributed by atoms with Crippen molar-refractivity contribution in [3.63, 3.8) is 0 Å². The van der Waals surface area contributed by atoms with Crippen molar-refractivity contribution in [2.24, 2.45) is 5.41 Å². The van der Waals surface area contributed by atoms with Crippen LogP contribution in [0.15, 0.2) is 18.2 Å². The van der Waals surface area contributed by atoms with Crippen LogP contribution in [0.25, 0.3) is 0 Å². The van der Waals surface area contributed by atoms with Gasteiger partial charge >= 0.3 is 0 Å². The van der Waals surface area contributed by atoms with E-state index >= 15 is 0 Å². The highest BCUT2D eigenvalue weighted by Crippen LogP contribution is 2.18. The summed E-state index contributed by atoms with van der Waals surface area (Å²) in [5, 5.41) is 23.2. The van der Waals surface area contributed by atoms with E-state index in [-0.39, 0.29) is 36.6 Å². The average molecular weight is 335 g/mol. The van der Waals surface area contributed by atoms with Gasteiger partial charge in [0.05, 0.1) is 17.2 Å². The van der Waals surface area contributed by atoms with Crippen LogP contribution in [0.4, 0.5) is 4.39 Å². The van der Waals surface area contributed by atoms with Crippen LogP contribution in [0.2, 0.25) is 0 Å². The first-order valence-electron chi connectivity index (χ1n) is 7.56. The minimum Gasteiger partial charge on any atom is -0.396 e. The first-order valence-corrected chi connectivity index (χ1v) is 7.56. The number of nitrogens with zero attached hydrogens (tertiary/aromatic N) is 1. The zero-order chi connectivity index (χ0) is 18.3. The molecular formula is C17H22FN3O3. The number of aliphatic hydroxyl groups excluding tert-OH is 1. The van der Waals surface area contributed by atoms with Crippen molar-refractivity contribution in [2.75, 3.05) is 13.2 Å². The first-order chi connectivity index (χ1) is 11.2. The largest absolute Gasteiger partial charge is 0.396 e. The highest BCUT2D eigenvalue weighted by Gasteiger charge is 2.21. The summed E-state index contributed by atoms with van der Waals surface area (Å²) >= 11 is 0. The molecule has 1 aromatic rings. The second kappa shape index (κ2) is 8.41. The van der Waals surface area contributed by atoms with Gasteiger partial charge in [0.2, 0.25) is 5.91 Å². The summed E-state index contributed by atoms with van der Waals surface area (Å²) in [6.07, 6.45) is 0.156. The molecule has 1 rings (SSSR count). The second-order valence-electron chi connectivity index (χ2n) is 6.48. The summed E-state index contributed by atoms with van der Waals surface area (Å²) in [7, 11) is 0. The fourth-order valence-corrected chi connectivity index (χ4v) is 1.94. The minimum atomic E-state index is -0.715. The first kappa shape index (κ1) is 19.6. The van der Waals surface area contributed by atoms with E-state index in [1.54, 1.807) is 20.8 Å². The molecule has 1 aromatic carbocycles. The molecule has 7 heteroatoms. The number of carbonyl (C=O) groups excluding carboxylic acids is 2. The summed E-state index contributed by atoms with van der Waals surface area (Å²) in [5.74, 6) is -1.61. The van der Waals surface area contributed by atoms with Crippen LogP contribution in [0.5, 0.6) is 0 Å². The Hall–Kier alpha value is -2.46. The minimum absolute atomic E-state index is 0.110. The van der Waals surface area contributed by atoms with Gasteiger partial charge < -0.3 is 15.7 Å². The predicted octanol–water partition coefficient (Wildman–Crippen LogP) is 1.34. The number of rotatable bonds is 7. The van der Waals surface area contributed by atoms with Gasteiger partial charge in [-0.1, -0.05) is 13.8 Å². The number of nitrogens with one attached hydrogen (secondary N) is 2. The maximum atomic E-state index is 13.7. The lowest BCUT2D eigenvalue weighted by atomic mass is 9.90. The lowest BCUT2D eigenvalue weighted by Crippen LogP contribution is -2.43. The molecule has 3 N–H and O–H groups in total. The van der Waals surface area contributed by atoms with E-state index in [9.17, 15) is 14.0 Å². The number of hydrogen-bond acceptors (Lipinski definition) is 4. The van der Waals surface area contributed by atoms with E-state index < -0.39 is 23.2 Å². The van der Waals surface area contributed by atoms with Gasteiger partial charge in [0.15, 0.2) is 0 Å². The molecule has 0 aliphatic heterocycles. The van der Waals surface area contributed by atoms with Crippen LogP contribution >= 0.6 is 0 Å². The molecule has 2 amide bonds. The molecule has 130 valence electrons. The Balaban J connectivity index is 2.56. The number of benzene rings is 1. The third-order valence-electron chi connectivity index (χ3n) is 3.39. The SMILES string of the molecule is C[C@@H](CNC(=O)CC(C)(C)CO)NC(=O)c1cc(C#N)ccc1F. The molecular weight excluding hydrogens is 313 g/mol. The lowest BCUT2D eigenvalue weighted by Gasteiger charge is -2.21. The Morgan fingerprint density at radius 2 is 2.08 bits per heavy atom. The molecule has 0 bridgehead atoms. The molecule has 1 atom stereocenters. The molecule has 0 radical (unpaired) electrons. The Morgan fingerprint density at radius 1 is 1.42 bits per heavy atom. The second-order valence-corrected chi connectivity index (χ2v) is 6.48. The molecule has 0 aromatic heterocycles. The summed E-state index contributed by atoms with van der Waals surface area (Å²) < 4.78 is 13.7. The van der Waals surface area contributed by atoms with Gasteiger partial charge in [-0.15, -0.1) is 0 Å². The quantitative estimate of drug-likeness (QED) is 0.700. The van der Waals surface area contributed by atoms with Crippen LogP contribution < -0.4 is 10.6 Å². The summed E-state index contributed by atoms with van der Waals surface area (Å²) in [6, 6.07) is 4.96. The van der Waals surface area contributed by atoms with Crippen molar-refractivity contribution in [1.29, 1.82) is 5.26 Å². The van der Waals surface area contributed by atoms with Gasteiger partial charge in [-0.05, 0) is 30.5 Å². The van der Waals surface area contributed by atoms with Gasteiger partial charge in [0, 0.05) is 25.6 Å². The van der Waals surface area contributed by atoms with Crippen LogP contribution in [-0.2, 0) is 4.79 Å². The van der Waals surface area contributed by atoms with E-state index in [1.807, 2.05) is 6.07 Å². The molecule has 0 aliphatic carbocycles. The molecule has 0 spiro atoms. The normalized spacial score (nSPS) is 12.2. The van der Waals surface area contributed by atoms with E-state index in [2.05, 4.69) is 10.6 Å². The smallest absolute Gasteiger partial charge is 0.254 e. The molecule has 0 fully saturated rings. The summed E-state index contributed by atoms with van der Waals surface area (Å²) in [4.78, 5) is 23.8. The summed E-state index contributed by atoms with van der Waals surface area (Å²) in [5.41, 5.74) is -0.542. The van der Waals surface area contributed by atoms with Crippen molar-refractivity contribution in [2.45, 2.75) is 33.2 Å². The van der Waals surface area contributed by atoms with E-state index in [1.165, 1.54) is 12.1 Å². The van der Waals surface area contributed by atoms with Crippen molar-refractivity contribution >= 4 is 11.8 Å². The Kier molecular flexibility index (Phi) is 6.86. The lowest BCUT2D eigenvalue weighted by molar-refractivity contribution is -0.123. The molecule has 0 saturated heterocycles. The number of carbonyl (C=O) groups is 2. The fourth-order valence-electron chi connectivity index (χ4n) is 1.94. The number of hydrogen-bond donors (Lipinski definition) is 3. The van der Waals surface area contributed by atoms with Crippen molar-refractivity contribution in [1.82, 2.24) is 10.6 Å². The number of nitriles is 1. The number of aliphatic hydroxyl groups is 1. The van der Waals surface area contributed by atoms with Crippen LogP contribution in [0.1, 0.15) is 43.1 Å². The molecule has 24 heavy (non-hydrogen) atoms. The maximum absolute atomic E-state index is 13.7. The van der Waals surface area contributed by atoms with Gasteiger partial charge in [0.25, 0.3) is 5.91 Å². The standard InChI is InChI=1S/C17H22FN3O3/c1-11(9-20-15(23)7-17(2,3)10-22)21-16(24)13-6-12(8-19)4-5-14(13)18/h4-6,11,22H,7,9-10H2,1-3H3,(H,20,23)(H,21,24)/t11-/m0/s1. The third-order valence-corrected chi connectivity index (χ3v) is 3.39. The summed E-state index contributed by atoms with van der Waals surface area (Å²) in [6.45, 7) is 5.26.